The Balaban J connectivity index is 1.99. The number of carbonyl (C=O) groups excluding carboxylic acids is 1. The number of ether oxygens (including phenoxy) is 2. The Morgan fingerprint density at radius 1 is 1.24 bits per heavy atom. The lowest BCUT2D eigenvalue weighted by Crippen LogP contribution is -2.23. The molecule has 0 unspecified atom stereocenters. The Labute approximate surface area is 144 Å². The summed E-state index contributed by atoms with van der Waals surface area (Å²) in [5.74, 6) is 0.251. The summed E-state index contributed by atoms with van der Waals surface area (Å²) >= 11 is 0. The second kappa shape index (κ2) is 8.65. The number of rotatable bonds is 8. The van der Waals surface area contributed by atoms with Crippen molar-refractivity contribution < 1.29 is 19.2 Å². The lowest BCUT2D eigenvalue weighted by Gasteiger charge is -2.09. The van der Waals surface area contributed by atoms with Crippen LogP contribution in [-0.2, 0) is 11.3 Å². The summed E-state index contributed by atoms with van der Waals surface area (Å²) in [4.78, 5) is 22.5. The van der Waals surface area contributed by atoms with Crippen LogP contribution in [0.3, 0.4) is 0 Å². The number of nitrogen functional groups attached to an aromatic ring is 1. The van der Waals surface area contributed by atoms with Gasteiger partial charge < -0.3 is 20.5 Å². The maximum atomic E-state index is 12.2. The van der Waals surface area contributed by atoms with E-state index in [0.29, 0.717) is 19.0 Å². The van der Waals surface area contributed by atoms with Crippen molar-refractivity contribution in [3.63, 3.8) is 0 Å². The van der Waals surface area contributed by atoms with E-state index in [0.717, 1.165) is 11.6 Å². The molecular formula is C17H19N3O5. The Hall–Kier alpha value is -3.13. The molecule has 0 aliphatic carbocycles. The van der Waals surface area contributed by atoms with Gasteiger partial charge in [-0.05, 0) is 29.8 Å². The van der Waals surface area contributed by atoms with E-state index in [-0.39, 0.29) is 23.5 Å². The van der Waals surface area contributed by atoms with E-state index >= 15 is 0 Å². The minimum atomic E-state index is -0.618. The fourth-order valence-electron chi connectivity index (χ4n) is 2.12. The van der Waals surface area contributed by atoms with Crippen LogP contribution in [0.25, 0.3) is 0 Å². The molecular weight excluding hydrogens is 326 g/mol. The summed E-state index contributed by atoms with van der Waals surface area (Å²) in [7, 11) is 1.59. The summed E-state index contributed by atoms with van der Waals surface area (Å²) in [5.41, 5.74) is 6.27. The first-order valence-corrected chi connectivity index (χ1v) is 7.54. The first kappa shape index (κ1) is 18.2. The first-order chi connectivity index (χ1) is 12.0. The number of hydrogen-bond acceptors (Lipinski definition) is 6. The Morgan fingerprint density at radius 2 is 2.04 bits per heavy atom. The van der Waals surface area contributed by atoms with Crippen LogP contribution in [0, 0.1) is 10.1 Å². The van der Waals surface area contributed by atoms with E-state index in [1.54, 1.807) is 13.2 Å². The summed E-state index contributed by atoms with van der Waals surface area (Å²) in [6.45, 7) is 1.18. The zero-order valence-corrected chi connectivity index (χ0v) is 13.7. The molecule has 8 heteroatoms. The van der Waals surface area contributed by atoms with Crippen LogP contribution in [-0.4, -0.2) is 31.2 Å². The molecule has 0 heterocycles. The van der Waals surface area contributed by atoms with Gasteiger partial charge in [0.25, 0.3) is 11.6 Å². The minimum absolute atomic E-state index is 0.0162. The SMILES string of the molecule is COCCOc1cccc(CNC(=O)c2ccc(N)c([N+](=O)[O-])c2)c1. The third-order valence-corrected chi connectivity index (χ3v) is 3.40. The van der Waals surface area contributed by atoms with Crippen LogP contribution in [0.2, 0.25) is 0 Å². The number of benzene rings is 2. The van der Waals surface area contributed by atoms with Crippen molar-refractivity contribution in [2.24, 2.45) is 0 Å². The lowest BCUT2D eigenvalue weighted by molar-refractivity contribution is -0.383. The highest BCUT2D eigenvalue weighted by molar-refractivity contribution is 5.95. The van der Waals surface area contributed by atoms with Crippen LogP contribution >= 0.6 is 0 Å². The zero-order chi connectivity index (χ0) is 18.2. The third kappa shape index (κ3) is 5.18. The molecule has 0 atom stereocenters. The second-order valence-corrected chi connectivity index (χ2v) is 5.20. The molecule has 8 nitrogen and oxygen atoms in total. The Morgan fingerprint density at radius 3 is 2.76 bits per heavy atom. The van der Waals surface area contributed by atoms with Gasteiger partial charge in [-0.3, -0.25) is 14.9 Å². The van der Waals surface area contributed by atoms with E-state index in [9.17, 15) is 14.9 Å². The van der Waals surface area contributed by atoms with Gasteiger partial charge in [0.2, 0.25) is 0 Å². The van der Waals surface area contributed by atoms with Crippen molar-refractivity contribution in [2.45, 2.75) is 6.54 Å². The van der Waals surface area contributed by atoms with Gasteiger partial charge in [-0.2, -0.15) is 0 Å². The number of hydrogen-bond donors (Lipinski definition) is 2. The molecule has 0 aliphatic heterocycles. The van der Waals surface area contributed by atoms with Gasteiger partial charge in [0, 0.05) is 25.3 Å². The molecule has 1 amide bonds. The predicted octanol–water partition coefficient (Wildman–Crippen LogP) is 2.13. The second-order valence-electron chi connectivity index (χ2n) is 5.20. The molecule has 0 radical (unpaired) electrons. The maximum Gasteiger partial charge on any atom is 0.292 e. The molecule has 0 spiro atoms. The average Bonchev–Trinajstić information content (AvgIpc) is 2.60. The Bertz CT molecular complexity index is 764. The molecule has 0 aromatic heterocycles. The molecule has 0 aliphatic rings. The molecule has 3 N–H and O–H groups in total. The first-order valence-electron chi connectivity index (χ1n) is 7.54. The minimum Gasteiger partial charge on any atom is -0.491 e. The van der Waals surface area contributed by atoms with Gasteiger partial charge in [0.15, 0.2) is 0 Å². The quantitative estimate of drug-likeness (QED) is 0.328. The van der Waals surface area contributed by atoms with E-state index < -0.39 is 10.8 Å². The average molecular weight is 345 g/mol. The van der Waals surface area contributed by atoms with Gasteiger partial charge in [-0.1, -0.05) is 12.1 Å². The molecule has 0 saturated heterocycles. The summed E-state index contributed by atoms with van der Waals surface area (Å²) in [6, 6.07) is 11.2. The number of anilines is 1. The van der Waals surface area contributed by atoms with Gasteiger partial charge in [-0.25, -0.2) is 0 Å². The van der Waals surface area contributed by atoms with E-state index in [1.807, 2.05) is 18.2 Å². The number of methoxy groups -OCH3 is 1. The largest absolute Gasteiger partial charge is 0.491 e. The van der Waals surface area contributed by atoms with Crippen molar-refractivity contribution >= 4 is 17.3 Å². The number of amides is 1. The number of nitrogens with zero attached hydrogens (tertiary/aromatic N) is 1. The molecule has 0 fully saturated rings. The standard InChI is InChI=1S/C17H19N3O5/c1-24-7-8-25-14-4-2-3-12(9-14)11-19-17(21)13-5-6-15(18)16(10-13)20(22)23/h2-6,9-10H,7-8,11,18H2,1H3,(H,19,21). The van der Waals surface area contributed by atoms with Crippen LogP contribution in [0.15, 0.2) is 42.5 Å². The highest BCUT2D eigenvalue weighted by atomic mass is 16.6. The molecule has 2 aromatic rings. The number of nitro groups is 1. The number of nitro benzene ring substituents is 1. The summed E-state index contributed by atoms with van der Waals surface area (Å²) < 4.78 is 10.4. The fraction of sp³-hybridized carbons (Fsp3) is 0.235. The number of nitrogens with one attached hydrogen (secondary N) is 1. The van der Waals surface area contributed by atoms with Crippen molar-refractivity contribution in [3.8, 4) is 5.75 Å². The van der Waals surface area contributed by atoms with Gasteiger partial charge in [-0.15, -0.1) is 0 Å². The summed E-state index contributed by atoms with van der Waals surface area (Å²) in [5, 5.41) is 13.6. The van der Waals surface area contributed by atoms with E-state index in [1.165, 1.54) is 12.1 Å². The van der Waals surface area contributed by atoms with Crippen LogP contribution < -0.4 is 15.8 Å². The number of carbonyl (C=O) groups is 1. The van der Waals surface area contributed by atoms with Gasteiger partial charge in [0.05, 0.1) is 11.5 Å². The smallest absolute Gasteiger partial charge is 0.292 e. The normalized spacial score (nSPS) is 10.3. The highest BCUT2D eigenvalue weighted by Crippen LogP contribution is 2.22. The molecule has 0 saturated carbocycles. The van der Waals surface area contributed by atoms with Crippen LogP contribution in [0.5, 0.6) is 5.75 Å². The maximum absolute atomic E-state index is 12.2. The van der Waals surface area contributed by atoms with Crippen molar-refractivity contribution in [1.29, 1.82) is 0 Å². The molecule has 0 bridgehead atoms. The zero-order valence-electron chi connectivity index (χ0n) is 13.7. The molecule has 25 heavy (non-hydrogen) atoms. The van der Waals surface area contributed by atoms with Gasteiger partial charge in [0.1, 0.15) is 18.0 Å². The van der Waals surface area contributed by atoms with Crippen LogP contribution in [0.4, 0.5) is 11.4 Å². The monoisotopic (exact) mass is 345 g/mol. The topological polar surface area (TPSA) is 117 Å². The van der Waals surface area contributed by atoms with Crippen molar-refractivity contribution in [1.82, 2.24) is 5.32 Å². The fourth-order valence-corrected chi connectivity index (χ4v) is 2.12. The van der Waals surface area contributed by atoms with E-state index in [4.69, 9.17) is 15.2 Å². The van der Waals surface area contributed by atoms with Crippen molar-refractivity contribution in [3.05, 3.63) is 63.7 Å². The Kier molecular flexibility index (Phi) is 6.30. The highest BCUT2D eigenvalue weighted by Gasteiger charge is 2.15. The molecule has 2 rings (SSSR count). The predicted molar refractivity (Wildman–Crippen MR) is 92.5 cm³/mol. The molecule has 2 aromatic carbocycles. The third-order valence-electron chi connectivity index (χ3n) is 3.40. The lowest BCUT2D eigenvalue weighted by atomic mass is 10.1. The summed E-state index contributed by atoms with van der Waals surface area (Å²) in [6.07, 6.45) is 0. The van der Waals surface area contributed by atoms with Crippen molar-refractivity contribution in [2.75, 3.05) is 26.1 Å². The van der Waals surface area contributed by atoms with E-state index in [2.05, 4.69) is 5.32 Å². The molecule has 132 valence electrons. The van der Waals surface area contributed by atoms with Gasteiger partial charge >= 0.3 is 0 Å². The number of nitrogens with two attached hydrogens (primary N) is 1. The van der Waals surface area contributed by atoms with Crippen LogP contribution in [0.1, 0.15) is 15.9 Å².